The second kappa shape index (κ2) is 15.0. The number of rotatable bonds is 11. The molecule has 2 aromatic rings. The Kier molecular flexibility index (Phi) is 11.8. The fraction of sp³-hybridized carbons (Fsp3) is 0.533. The van der Waals surface area contributed by atoms with Crippen molar-refractivity contribution in [1.82, 2.24) is 14.7 Å². The van der Waals surface area contributed by atoms with E-state index >= 15 is 0 Å². The van der Waals surface area contributed by atoms with Gasteiger partial charge in [-0.25, -0.2) is 0 Å². The van der Waals surface area contributed by atoms with E-state index in [9.17, 15) is 36.2 Å². The lowest BCUT2D eigenvalue weighted by atomic mass is 9.91. The molecule has 0 spiro atoms. The first-order valence-electron chi connectivity index (χ1n) is 14.4. The summed E-state index contributed by atoms with van der Waals surface area (Å²) in [4.78, 5) is 18.5. The summed E-state index contributed by atoms with van der Waals surface area (Å²) in [6.07, 6.45) is -9.36. The van der Waals surface area contributed by atoms with Gasteiger partial charge in [-0.15, -0.1) is 0 Å². The number of nitrogens with one attached hydrogen (secondary N) is 1. The van der Waals surface area contributed by atoms with Gasteiger partial charge in [0.15, 0.2) is 0 Å². The highest BCUT2D eigenvalue weighted by molar-refractivity contribution is 6.42. The number of hydrogen-bond donors (Lipinski definition) is 2. The minimum absolute atomic E-state index is 0.00658. The maximum atomic E-state index is 13.2. The summed E-state index contributed by atoms with van der Waals surface area (Å²) < 4.78 is 84.9. The van der Waals surface area contributed by atoms with Crippen LogP contribution in [0, 0.1) is 5.41 Å². The van der Waals surface area contributed by atoms with Gasteiger partial charge in [0, 0.05) is 50.9 Å². The fourth-order valence-electron chi connectivity index (χ4n) is 5.50. The molecule has 2 atom stereocenters. The van der Waals surface area contributed by atoms with Crippen LogP contribution in [0.5, 0.6) is 0 Å². The van der Waals surface area contributed by atoms with Gasteiger partial charge >= 0.3 is 12.4 Å². The molecule has 0 bridgehead atoms. The second-order valence-electron chi connectivity index (χ2n) is 11.3. The Morgan fingerprint density at radius 1 is 0.933 bits per heavy atom. The summed E-state index contributed by atoms with van der Waals surface area (Å²) in [6.45, 7) is 3.59. The van der Waals surface area contributed by atoms with Gasteiger partial charge in [-0.05, 0) is 60.8 Å². The molecule has 2 N–H and O–H groups in total. The molecule has 15 heteroatoms. The summed E-state index contributed by atoms with van der Waals surface area (Å²) in [7, 11) is 0. The summed E-state index contributed by atoms with van der Waals surface area (Å²) in [5, 5.41) is 19.0. The Labute approximate surface area is 267 Å². The first kappa shape index (κ1) is 35.4. The molecule has 2 aromatic carbocycles. The van der Waals surface area contributed by atoms with Crippen LogP contribution in [-0.4, -0.2) is 96.5 Å². The van der Waals surface area contributed by atoms with Crippen molar-refractivity contribution in [1.29, 1.82) is 5.41 Å². The number of aliphatic hydroxyl groups excluding tert-OH is 1. The average Bonchev–Trinajstić information content (AvgIpc) is 3.41. The third kappa shape index (κ3) is 10.0. The molecule has 1 amide bonds. The van der Waals surface area contributed by atoms with Crippen molar-refractivity contribution in [3.05, 3.63) is 68.7 Å². The Bertz CT molecular complexity index is 1320. The number of hydrogen-bond acceptors (Lipinski definition) is 6. The van der Waals surface area contributed by atoms with Crippen LogP contribution in [0.15, 0.2) is 36.4 Å². The lowest BCUT2D eigenvalue weighted by molar-refractivity contribution is -0.143. The van der Waals surface area contributed by atoms with Crippen molar-refractivity contribution < 1.29 is 41.0 Å². The number of β-amino-alcohol motifs (C(OH)–C–C–N with tert-alkyl or cyclic N) is 1. The molecule has 2 heterocycles. The maximum absolute atomic E-state index is 13.2. The van der Waals surface area contributed by atoms with Crippen LogP contribution in [0.1, 0.15) is 41.0 Å². The van der Waals surface area contributed by atoms with Crippen molar-refractivity contribution >= 4 is 34.8 Å². The number of carbonyl (C=O) groups is 1. The highest BCUT2D eigenvalue weighted by Gasteiger charge is 2.37. The number of amides is 1. The molecule has 0 aromatic heterocycles. The predicted octanol–water partition coefficient (Wildman–Crippen LogP) is 5.95. The molecule has 248 valence electrons. The molecule has 2 fully saturated rings. The number of ether oxygens (including phenoxy) is 1. The number of piperazine rings is 1. The number of aliphatic hydroxyl groups is 1. The third-order valence-electron chi connectivity index (χ3n) is 8.01. The Balaban J connectivity index is 1.36. The van der Waals surface area contributed by atoms with Crippen LogP contribution in [0.3, 0.4) is 0 Å². The fourth-order valence-corrected chi connectivity index (χ4v) is 5.80. The quantitative estimate of drug-likeness (QED) is 0.226. The van der Waals surface area contributed by atoms with Gasteiger partial charge < -0.3 is 25.1 Å². The number of carbonyl (C=O) groups excluding carboxylic acids is 1. The van der Waals surface area contributed by atoms with Gasteiger partial charge in [0.1, 0.15) is 0 Å². The molecular weight excluding hydrogens is 649 g/mol. The summed E-state index contributed by atoms with van der Waals surface area (Å²) in [6, 6.07) is 6.21. The molecule has 45 heavy (non-hydrogen) atoms. The molecule has 2 unspecified atom stereocenters. The lowest BCUT2D eigenvalue weighted by Crippen LogP contribution is -2.50. The van der Waals surface area contributed by atoms with Gasteiger partial charge in [0.05, 0.1) is 47.0 Å². The van der Waals surface area contributed by atoms with Gasteiger partial charge in [-0.2, -0.15) is 26.3 Å². The zero-order valence-electron chi connectivity index (χ0n) is 24.2. The van der Waals surface area contributed by atoms with E-state index in [0.717, 1.165) is 0 Å². The first-order valence-corrected chi connectivity index (χ1v) is 15.1. The van der Waals surface area contributed by atoms with Crippen LogP contribution in [0.4, 0.5) is 26.3 Å². The second-order valence-corrected chi connectivity index (χ2v) is 12.2. The highest BCUT2D eigenvalue weighted by atomic mass is 35.5. The standard InChI is InChI=1S/C30H34Cl2F6N4O3/c31-25-2-1-20(13-26(25)32)24(4-5-40-7-9-41(10-8-40)16-28(44)42-6-3-23(43)15-42)27(39)18-45-17-19-11-21(29(33,34)35)14-22(12-19)30(36,37)38/h1-2,11-14,23-24,39,43H,3-10,15-18H2. The molecule has 7 nitrogen and oxygen atoms in total. The van der Waals surface area contributed by atoms with Crippen LogP contribution in [0.2, 0.25) is 10.0 Å². The molecular formula is C30H34Cl2F6N4O3. The Morgan fingerprint density at radius 3 is 2.11 bits per heavy atom. The van der Waals surface area contributed by atoms with Gasteiger partial charge in [0.25, 0.3) is 0 Å². The van der Waals surface area contributed by atoms with Crippen LogP contribution in [-0.2, 0) is 28.5 Å². The summed E-state index contributed by atoms with van der Waals surface area (Å²) in [5.74, 6) is -0.513. The molecule has 0 saturated carbocycles. The number of benzene rings is 2. The highest BCUT2D eigenvalue weighted by Crippen LogP contribution is 2.36. The van der Waals surface area contributed by atoms with E-state index in [1.165, 1.54) is 0 Å². The molecule has 0 radical (unpaired) electrons. The Morgan fingerprint density at radius 2 is 1.56 bits per heavy atom. The maximum Gasteiger partial charge on any atom is 0.416 e. The topological polar surface area (TPSA) is 80.1 Å². The van der Waals surface area contributed by atoms with E-state index in [0.29, 0.717) is 81.4 Å². The predicted molar refractivity (Wildman–Crippen MR) is 158 cm³/mol. The normalized spacial score (nSPS) is 19.2. The van der Waals surface area contributed by atoms with Gasteiger partial charge in [-0.3, -0.25) is 9.69 Å². The largest absolute Gasteiger partial charge is 0.416 e. The lowest BCUT2D eigenvalue weighted by Gasteiger charge is -2.35. The van der Waals surface area contributed by atoms with Crippen molar-refractivity contribution in [3.8, 4) is 0 Å². The minimum Gasteiger partial charge on any atom is -0.391 e. The average molecular weight is 684 g/mol. The summed E-state index contributed by atoms with van der Waals surface area (Å²) in [5.41, 5.74) is -2.42. The monoisotopic (exact) mass is 682 g/mol. The van der Waals surface area contributed by atoms with Crippen molar-refractivity contribution in [2.45, 2.75) is 43.8 Å². The van der Waals surface area contributed by atoms with E-state index in [2.05, 4.69) is 9.80 Å². The van der Waals surface area contributed by atoms with Crippen molar-refractivity contribution in [2.24, 2.45) is 0 Å². The van der Waals surface area contributed by atoms with Crippen LogP contribution >= 0.6 is 23.2 Å². The number of alkyl halides is 6. The van der Waals surface area contributed by atoms with E-state index in [1.807, 2.05) is 0 Å². The van der Waals surface area contributed by atoms with Gasteiger partial charge in [0.2, 0.25) is 5.91 Å². The van der Waals surface area contributed by atoms with Crippen molar-refractivity contribution in [2.75, 3.05) is 59.0 Å². The summed E-state index contributed by atoms with van der Waals surface area (Å²) >= 11 is 12.3. The molecule has 4 rings (SSSR count). The van der Waals surface area contributed by atoms with Crippen molar-refractivity contribution in [3.63, 3.8) is 0 Å². The first-order chi connectivity index (χ1) is 21.1. The molecule has 0 aliphatic carbocycles. The van der Waals surface area contributed by atoms with E-state index in [4.69, 9.17) is 33.3 Å². The molecule has 2 saturated heterocycles. The Hall–Kier alpha value is -2.42. The van der Waals surface area contributed by atoms with Crippen LogP contribution < -0.4 is 0 Å². The zero-order valence-corrected chi connectivity index (χ0v) is 25.7. The van der Waals surface area contributed by atoms with E-state index in [-0.39, 0.29) is 41.4 Å². The minimum atomic E-state index is -4.97. The van der Waals surface area contributed by atoms with E-state index in [1.54, 1.807) is 23.1 Å². The SMILES string of the molecule is N=C(COCc1cc(C(F)(F)F)cc(C(F)(F)F)c1)C(CCN1CCN(CC(=O)N2CCC(O)C2)CC1)c1ccc(Cl)c(Cl)c1. The number of likely N-dealkylation sites (tertiary alicyclic amines) is 1. The molecule has 2 aliphatic heterocycles. The van der Waals surface area contributed by atoms with Gasteiger partial charge in [-0.1, -0.05) is 29.3 Å². The number of nitrogens with zero attached hydrogens (tertiary/aromatic N) is 3. The number of halogens is 8. The third-order valence-corrected chi connectivity index (χ3v) is 8.75. The zero-order chi connectivity index (χ0) is 32.9. The van der Waals surface area contributed by atoms with Crippen LogP contribution in [0.25, 0.3) is 0 Å². The van der Waals surface area contributed by atoms with E-state index < -0.39 is 42.1 Å². The molecule has 2 aliphatic rings. The smallest absolute Gasteiger partial charge is 0.391 e.